The van der Waals surface area contributed by atoms with Crippen LogP contribution < -0.4 is 15.5 Å². The fraction of sp³-hybridized carbons (Fsp3) is 0.458. The Labute approximate surface area is 207 Å². The lowest BCUT2D eigenvalue weighted by atomic mass is 10.0. The summed E-state index contributed by atoms with van der Waals surface area (Å²) in [7, 11) is 1.81. The van der Waals surface area contributed by atoms with Gasteiger partial charge in [0.05, 0.1) is 19.3 Å². The molecule has 6 nitrogen and oxygen atoms in total. The Morgan fingerprint density at radius 3 is 2.50 bits per heavy atom. The number of nitrogens with zero attached hydrogens (tertiary/aromatic N) is 3. The molecule has 32 heavy (non-hydrogen) atoms. The van der Waals surface area contributed by atoms with E-state index in [-0.39, 0.29) is 35.8 Å². The molecule has 2 atom stereocenters. The van der Waals surface area contributed by atoms with E-state index in [1.165, 1.54) is 17.8 Å². The summed E-state index contributed by atoms with van der Waals surface area (Å²) in [6.07, 6.45) is 1.07. The molecule has 0 saturated carbocycles. The van der Waals surface area contributed by atoms with Crippen LogP contribution in [0.3, 0.4) is 0 Å². The summed E-state index contributed by atoms with van der Waals surface area (Å²) < 4.78 is 19.0. The highest BCUT2D eigenvalue weighted by atomic mass is 127. The van der Waals surface area contributed by atoms with Gasteiger partial charge in [-0.1, -0.05) is 30.3 Å². The first kappa shape index (κ1) is 24.7. The zero-order chi connectivity index (χ0) is 21.5. The maximum atomic E-state index is 13.5. The summed E-state index contributed by atoms with van der Waals surface area (Å²) in [5, 5.41) is 7.08. The first-order valence-electron chi connectivity index (χ1n) is 11.1. The highest BCUT2D eigenvalue weighted by Gasteiger charge is 2.25. The van der Waals surface area contributed by atoms with Crippen LogP contribution in [0.25, 0.3) is 0 Å². The fourth-order valence-electron chi connectivity index (χ4n) is 4.36. The van der Waals surface area contributed by atoms with Crippen LogP contribution in [0.1, 0.15) is 18.0 Å². The maximum Gasteiger partial charge on any atom is 0.191 e. The topological polar surface area (TPSA) is 52.1 Å². The van der Waals surface area contributed by atoms with Gasteiger partial charge in [-0.05, 0) is 36.2 Å². The molecule has 0 aliphatic carbocycles. The van der Waals surface area contributed by atoms with Crippen LogP contribution in [-0.4, -0.2) is 69.9 Å². The number of hydrogen-bond acceptors (Lipinski definition) is 4. The Kier molecular flexibility index (Phi) is 9.55. The number of hydrogen-bond donors (Lipinski definition) is 2. The number of ether oxygens (including phenoxy) is 1. The van der Waals surface area contributed by atoms with E-state index in [0.717, 1.165) is 57.3 Å². The molecule has 0 amide bonds. The van der Waals surface area contributed by atoms with Gasteiger partial charge in [0.1, 0.15) is 5.82 Å². The van der Waals surface area contributed by atoms with Crippen molar-refractivity contribution in [3.63, 3.8) is 0 Å². The molecule has 2 fully saturated rings. The number of benzene rings is 2. The smallest absolute Gasteiger partial charge is 0.191 e. The molecule has 0 radical (unpaired) electrons. The minimum Gasteiger partial charge on any atom is -0.379 e. The monoisotopic (exact) mass is 553 g/mol. The average molecular weight is 553 g/mol. The third kappa shape index (κ3) is 6.55. The van der Waals surface area contributed by atoms with Gasteiger partial charge in [0.25, 0.3) is 0 Å². The van der Waals surface area contributed by atoms with E-state index in [9.17, 15) is 4.39 Å². The molecule has 2 unspecified atom stereocenters. The predicted octanol–water partition coefficient (Wildman–Crippen LogP) is 3.26. The standard InChI is InChI=1S/C24H32FN5O.HI/c1-26-24(28-21-11-12-30(18-21)22-5-3-2-4-6-22)27-17-23(29-13-15-31-16-14-29)19-7-9-20(25)10-8-19;/h2-10,21,23H,11-18H2,1H3,(H2,26,27,28);1H. The average Bonchev–Trinajstić information content (AvgIpc) is 3.29. The van der Waals surface area contributed by atoms with Gasteiger partial charge in [0, 0.05) is 51.5 Å². The normalized spacial score (nSPS) is 20.5. The summed E-state index contributed by atoms with van der Waals surface area (Å²) in [5.41, 5.74) is 2.36. The number of guanidine groups is 1. The summed E-state index contributed by atoms with van der Waals surface area (Å²) in [4.78, 5) is 9.24. The number of morpholine rings is 1. The van der Waals surface area contributed by atoms with E-state index >= 15 is 0 Å². The van der Waals surface area contributed by atoms with Gasteiger partial charge in [-0.15, -0.1) is 24.0 Å². The lowest BCUT2D eigenvalue weighted by molar-refractivity contribution is 0.0170. The number of rotatable bonds is 6. The molecule has 0 bridgehead atoms. The quantitative estimate of drug-likeness (QED) is 0.327. The molecule has 174 valence electrons. The minimum atomic E-state index is -0.209. The lowest BCUT2D eigenvalue weighted by Crippen LogP contribution is -2.48. The number of aliphatic imine (C=N–C) groups is 1. The van der Waals surface area contributed by atoms with Gasteiger partial charge in [0.2, 0.25) is 0 Å². The molecule has 2 aliphatic heterocycles. The van der Waals surface area contributed by atoms with Crippen LogP contribution in [0, 0.1) is 5.82 Å². The molecule has 2 saturated heterocycles. The third-order valence-corrected chi connectivity index (χ3v) is 6.08. The highest BCUT2D eigenvalue weighted by Crippen LogP contribution is 2.22. The van der Waals surface area contributed by atoms with Crippen molar-refractivity contribution in [2.45, 2.75) is 18.5 Å². The summed E-state index contributed by atoms with van der Waals surface area (Å²) in [6.45, 7) is 5.86. The van der Waals surface area contributed by atoms with E-state index in [0.29, 0.717) is 12.6 Å². The molecule has 0 aromatic heterocycles. The Morgan fingerprint density at radius 1 is 1.09 bits per heavy atom. The minimum absolute atomic E-state index is 0. The SMILES string of the molecule is CN=C(NCC(c1ccc(F)cc1)N1CCOCC1)NC1CCN(c2ccccc2)C1.I. The fourth-order valence-corrected chi connectivity index (χ4v) is 4.36. The largest absolute Gasteiger partial charge is 0.379 e. The Balaban J connectivity index is 0.00000289. The van der Waals surface area contributed by atoms with Gasteiger partial charge >= 0.3 is 0 Å². The summed E-state index contributed by atoms with van der Waals surface area (Å²) >= 11 is 0. The second kappa shape index (κ2) is 12.4. The molecule has 8 heteroatoms. The van der Waals surface area contributed by atoms with Crippen molar-refractivity contribution in [1.82, 2.24) is 15.5 Å². The van der Waals surface area contributed by atoms with E-state index in [2.05, 4.69) is 49.7 Å². The third-order valence-electron chi connectivity index (χ3n) is 6.08. The number of anilines is 1. The van der Waals surface area contributed by atoms with Gasteiger partial charge in [-0.3, -0.25) is 9.89 Å². The second-order valence-corrected chi connectivity index (χ2v) is 8.08. The van der Waals surface area contributed by atoms with Gasteiger partial charge in [-0.2, -0.15) is 0 Å². The first-order valence-corrected chi connectivity index (χ1v) is 11.1. The lowest BCUT2D eigenvalue weighted by Gasteiger charge is -2.35. The summed E-state index contributed by atoms with van der Waals surface area (Å²) in [5.74, 6) is 0.597. The molecular formula is C24H33FIN5O. The highest BCUT2D eigenvalue weighted by molar-refractivity contribution is 14.0. The van der Waals surface area contributed by atoms with Crippen LogP contribution >= 0.6 is 24.0 Å². The van der Waals surface area contributed by atoms with Crippen molar-refractivity contribution >= 4 is 35.6 Å². The van der Waals surface area contributed by atoms with Gasteiger partial charge < -0.3 is 20.3 Å². The number of halogens is 2. The van der Waals surface area contributed by atoms with Gasteiger partial charge in [0.15, 0.2) is 5.96 Å². The van der Waals surface area contributed by atoms with E-state index in [4.69, 9.17) is 4.74 Å². The second-order valence-electron chi connectivity index (χ2n) is 8.08. The zero-order valence-electron chi connectivity index (χ0n) is 18.5. The van der Waals surface area contributed by atoms with Crippen LogP contribution in [0.15, 0.2) is 59.6 Å². The van der Waals surface area contributed by atoms with Crippen molar-refractivity contribution in [2.75, 3.05) is 57.9 Å². The molecule has 4 rings (SSSR count). The molecule has 2 aliphatic rings. The van der Waals surface area contributed by atoms with Crippen molar-refractivity contribution in [3.05, 3.63) is 66.0 Å². The van der Waals surface area contributed by atoms with E-state index in [1.54, 1.807) is 7.05 Å². The molecule has 2 heterocycles. The summed E-state index contributed by atoms with van der Waals surface area (Å²) in [6, 6.07) is 17.8. The zero-order valence-corrected chi connectivity index (χ0v) is 20.9. The van der Waals surface area contributed by atoms with Crippen LogP contribution in [-0.2, 0) is 4.74 Å². The van der Waals surface area contributed by atoms with Crippen molar-refractivity contribution < 1.29 is 9.13 Å². The van der Waals surface area contributed by atoms with E-state index < -0.39 is 0 Å². The predicted molar refractivity (Wildman–Crippen MR) is 139 cm³/mol. The number of nitrogens with one attached hydrogen (secondary N) is 2. The van der Waals surface area contributed by atoms with Gasteiger partial charge in [-0.25, -0.2) is 4.39 Å². The molecule has 2 aromatic carbocycles. The van der Waals surface area contributed by atoms with Crippen LogP contribution in [0.4, 0.5) is 10.1 Å². The molecule has 2 N–H and O–H groups in total. The molecule has 2 aromatic rings. The Morgan fingerprint density at radius 2 is 1.81 bits per heavy atom. The van der Waals surface area contributed by atoms with Crippen molar-refractivity contribution in [1.29, 1.82) is 0 Å². The van der Waals surface area contributed by atoms with Crippen LogP contribution in [0.2, 0.25) is 0 Å². The van der Waals surface area contributed by atoms with Crippen molar-refractivity contribution in [3.8, 4) is 0 Å². The molecule has 0 spiro atoms. The van der Waals surface area contributed by atoms with E-state index in [1.807, 2.05) is 18.2 Å². The molecular weight excluding hydrogens is 520 g/mol. The first-order chi connectivity index (χ1) is 15.2. The van der Waals surface area contributed by atoms with Crippen molar-refractivity contribution in [2.24, 2.45) is 4.99 Å². The number of para-hydroxylation sites is 1. The van der Waals surface area contributed by atoms with Crippen LogP contribution in [0.5, 0.6) is 0 Å². The Bertz CT molecular complexity index is 845. The Hall–Kier alpha value is -1.91. The maximum absolute atomic E-state index is 13.5.